The summed E-state index contributed by atoms with van der Waals surface area (Å²) in [5.74, 6) is 0. The summed E-state index contributed by atoms with van der Waals surface area (Å²) in [6.45, 7) is 0. The molecule has 10 rings (SSSR count). The van der Waals surface area contributed by atoms with Crippen molar-refractivity contribution in [2.75, 3.05) is 4.90 Å². The second-order valence-corrected chi connectivity index (χ2v) is 12.2. The lowest BCUT2D eigenvalue weighted by atomic mass is 9.78. The van der Waals surface area contributed by atoms with Crippen LogP contribution >= 0.6 is 0 Å². The molecule has 0 aliphatic heterocycles. The Morgan fingerprint density at radius 3 is 1.35 bits per heavy atom. The molecule has 0 spiro atoms. The number of hydrogen-bond donors (Lipinski definition) is 0. The summed E-state index contributed by atoms with van der Waals surface area (Å²) in [7, 11) is 0. The van der Waals surface area contributed by atoms with E-state index < -0.39 is 0 Å². The summed E-state index contributed by atoms with van der Waals surface area (Å²) >= 11 is 0. The molecule has 0 radical (unpaired) electrons. The van der Waals surface area contributed by atoms with Crippen LogP contribution in [-0.2, 0) is 0 Å². The van der Waals surface area contributed by atoms with Crippen molar-refractivity contribution < 1.29 is 0 Å². The fourth-order valence-corrected chi connectivity index (χ4v) is 7.48. The zero-order valence-electron chi connectivity index (χ0n) is 25.1. The van der Waals surface area contributed by atoms with Crippen molar-refractivity contribution in [2.24, 2.45) is 0 Å². The van der Waals surface area contributed by atoms with Crippen molar-refractivity contribution in [3.8, 4) is 27.9 Å². The standard InChI is InChI=1S/C44H28N2/c1-3-11-33(12-4-1)45(34-13-5-2-6-14-34)35-21-19-29-25-39-40-26-30-20-22-36(24-32(30)28-42(40)41(39)27-31(29)23-35)46-43-17-9-7-15-37(43)38-16-8-10-18-44(38)46/h1-28H. The summed E-state index contributed by atoms with van der Waals surface area (Å²) in [4.78, 5) is 2.33. The Hall–Kier alpha value is -6.12. The van der Waals surface area contributed by atoms with E-state index in [2.05, 4.69) is 179 Å². The van der Waals surface area contributed by atoms with Crippen molar-refractivity contribution in [3.63, 3.8) is 0 Å². The fourth-order valence-electron chi connectivity index (χ4n) is 7.48. The quantitative estimate of drug-likeness (QED) is 0.200. The van der Waals surface area contributed by atoms with Crippen LogP contribution in [0.3, 0.4) is 0 Å². The molecule has 2 nitrogen and oxygen atoms in total. The van der Waals surface area contributed by atoms with E-state index in [-0.39, 0.29) is 0 Å². The number of para-hydroxylation sites is 4. The highest BCUT2D eigenvalue weighted by Gasteiger charge is 2.24. The highest BCUT2D eigenvalue weighted by atomic mass is 15.1. The Morgan fingerprint density at radius 1 is 0.326 bits per heavy atom. The monoisotopic (exact) mass is 584 g/mol. The molecule has 0 saturated heterocycles. The molecule has 0 bridgehead atoms. The number of rotatable bonds is 4. The Bertz CT molecular complexity index is 2540. The average Bonchev–Trinajstić information content (AvgIpc) is 3.45. The van der Waals surface area contributed by atoms with Gasteiger partial charge in [0.1, 0.15) is 0 Å². The van der Waals surface area contributed by atoms with Crippen molar-refractivity contribution in [2.45, 2.75) is 0 Å². The van der Waals surface area contributed by atoms with Crippen molar-refractivity contribution >= 4 is 60.4 Å². The van der Waals surface area contributed by atoms with Gasteiger partial charge in [-0.1, -0.05) is 84.9 Å². The molecule has 0 N–H and O–H groups in total. The van der Waals surface area contributed by atoms with E-state index in [4.69, 9.17) is 0 Å². The first-order chi connectivity index (χ1) is 22.8. The second kappa shape index (κ2) is 9.69. The molecule has 8 aromatic carbocycles. The van der Waals surface area contributed by atoms with Gasteiger partial charge >= 0.3 is 0 Å². The SMILES string of the molecule is c1ccc(N(c2ccccc2)c2ccc3cc4c(cc3c2)-c2cc3cc(-n5c6ccccc6c6ccccc65)ccc3cc2-4)cc1. The second-order valence-electron chi connectivity index (χ2n) is 12.2. The number of nitrogens with zero attached hydrogens (tertiary/aromatic N) is 2. The van der Waals surface area contributed by atoms with Gasteiger partial charge in [0.15, 0.2) is 0 Å². The molecule has 1 aliphatic carbocycles. The first-order valence-electron chi connectivity index (χ1n) is 15.9. The summed E-state index contributed by atoms with van der Waals surface area (Å²) in [6, 6.07) is 61.9. The molecule has 0 amide bonds. The molecule has 1 aromatic heterocycles. The first-order valence-corrected chi connectivity index (χ1v) is 15.9. The van der Waals surface area contributed by atoms with Crippen LogP contribution in [0, 0.1) is 0 Å². The molecule has 0 unspecified atom stereocenters. The Kier molecular flexibility index (Phi) is 5.31. The minimum atomic E-state index is 1.15. The third kappa shape index (κ3) is 3.71. The van der Waals surface area contributed by atoms with Gasteiger partial charge in [-0.05, 0) is 129 Å². The zero-order valence-corrected chi connectivity index (χ0v) is 25.1. The number of fused-ring (bicyclic) bond motifs is 9. The molecule has 1 heterocycles. The molecule has 0 saturated carbocycles. The van der Waals surface area contributed by atoms with Crippen molar-refractivity contribution in [1.82, 2.24) is 4.57 Å². The van der Waals surface area contributed by atoms with Crippen LogP contribution in [0.5, 0.6) is 0 Å². The van der Waals surface area contributed by atoms with Gasteiger partial charge in [-0.2, -0.15) is 0 Å². The predicted octanol–water partition coefficient (Wildman–Crippen LogP) is 12.2. The van der Waals surface area contributed by atoms with Crippen LogP contribution in [0.25, 0.3) is 71.3 Å². The lowest BCUT2D eigenvalue weighted by Gasteiger charge is -2.28. The normalized spacial score (nSPS) is 11.9. The predicted molar refractivity (Wildman–Crippen MR) is 195 cm³/mol. The van der Waals surface area contributed by atoms with Crippen molar-refractivity contribution in [1.29, 1.82) is 0 Å². The van der Waals surface area contributed by atoms with Gasteiger partial charge in [-0.25, -0.2) is 0 Å². The lowest BCUT2D eigenvalue weighted by Crippen LogP contribution is -2.09. The molecule has 0 atom stereocenters. The summed E-state index contributed by atoms with van der Waals surface area (Å²) < 4.78 is 2.40. The Labute approximate surface area is 267 Å². The summed E-state index contributed by atoms with van der Waals surface area (Å²) in [5.41, 5.74) is 12.4. The molecule has 9 aromatic rings. The maximum absolute atomic E-state index is 2.40. The largest absolute Gasteiger partial charge is 0.310 e. The summed E-state index contributed by atoms with van der Waals surface area (Å²) in [5, 5.41) is 7.61. The van der Waals surface area contributed by atoms with Crippen LogP contribution in [0.15, 0.2) is 170 Å². The van der Waals surface area contributed by atoms with E-state index >= 15 is 0 Å². The zero-order chi connectivity index (χ0) is 30.2. The lowest BCUT2D eigenvalue weighted by molar-refractivity contribution is 1.19. The molecule has 46 heavy (non-hydrogen) atoms. The van der Waals surface area contributed by atoms with Crippen LogP contribution < -0.4 is 4.90 Å². The number of hydrogen-bond acceptors (Lipinski definition) is 1. The van der Waals surface area contributed by atoms with Gasteiger partial charge in [-0.15, -0.1) is 0 Å². The maximum Gasteiger partial charge on any atom is 0.0541 e. The number of anilines is 3. The smallest absolute Gasteiger partial charge is 0.0541 e. The van der Waals surface area contributed by atoms with E-state index in [9.17, 15) is 0 Å². The van der Waals surface area contributed by atoms with Gasteiger partial charge in [0, 0.05) is 33.5 Å². The van der Waals surface area contributed by atoms with Crippen LogP contribution in [0.2, 0.25) is 0 Å². The van der Waals surface area contributed by atoms with Crippen molar-refractivity contribution in [3.05, 3.63) is 170 Å². The highest BCUT2D eigenvalue weighted by Crippen LogP contribution is 2.51. The first kappa shape index (κ1) is 25.2. The molecule has 2 heteroatoms. The van der Waals surface area contributed by atoms with E-state index in [1.807, 2.05) is 0 Å². The molecule has 1 aliphatic rings. The minimum absolute atomic E-state index is 1.15. The highest BCUT2D eigenvalue weighted by molar-refractivity contribution is 6.13. The molecular weight excluding hydrogens is 556 g/mol. The van der Waals surface area contributed by atoms with Crippen LogP contribution in [0.1, 0.15) is 0 Å². The van der Waals surface area contributed by atoms with Crippen LogP contribution in [-0.4, -0.2) is 4.57 Å². The van der Waals surface area contributed by atoms with E-state index in [0.29, 0.717) is 0 Å². The van der Waals surface area contributed by atoms with Gasteiger partial charge in [0.2, 0.25) is 0 Å². The van der Waals surface area contributed by atoms with Crippen LogP contribution in [0.4, 0.5) is 17.1 Å². The van der Waals surface area contributed by atoms with E-state index in [0.717, 1.165) is 17.1 Å². The third-order valence-corrected chi connectivity index (χ3v) is 9.63. The molecular formula is C44H28N2. The van der Waals surface area contributed by atoms with E-state index in [1.165, 1.54) is 71.3 Å². The van der Waals surface area contributed by atoms with Gasteiger partial charge in [0.25, 0.3) is 0 Å². The Balaban J connectivity index is 1.09. The number of aromatic nitrogens is 1. The summed E-state index contributed by atoms with van der Waals surface area (Å²) in [6.07, 6.45) is 0. The topological polar surface area (TPSA) is 8.17 Å². The third-order valence-electron chi connectivity index (χ3n) is 9.63. The average molecular weight is 585 g/mol. The van der Waals surface area contributed by atoms with Gasteiger partial charge in [-0.3, -0.25) is 0 Å². The maximum atomic E-state index is 2.40. The molecule has 0 fully saturated rings. The van der Waals surface area contributed by atoms with Gasteiger partial charge < -0.3 is 9.47 Å². The minimum Gasteiger partial charge on any atom is -0.310 e. The number of benzene rings is 8. The molecule has 214 valence electrons. The van der Waals surface area contributed by atoms with E-state index in [1.54, 1.807) is 0 Å². The fraction of sp³-hybridized carbons (Fsp3) is 0. The van der Waals surface area contributed by atoms with Gasteiger partial charge in [0.05, 0.1) is 11.0 Å². The Morgan fingerprint density at radius 2 is 0.783 bits per heavy atom.